The zero-order valence-corrected chi connectivity index (χ0v) is 19.8. The Hall–Kier alpha value is -3.39. The summed E-state index contributed by atoms with van der Waals surface area (Å²) in [5.41, 5.74) is 2.28. The number of nitrogens with one attached hydrogen (secondary N) is 2. The van der Waals surface area contributed by atoms with Gasteiger partial charge in [-0.1, -0.05) is 30.3 Å². The molecule has 0 aliphatic carbocycles. The van der Waals surface area contributed by atoms with Crippen LogP contribution >= 0.6 is 0 Å². The number of likely N-dealkylation sites (tertiary alicyclic amines) is 1. The van der Waals surface area contributed by atoms with Crippen LogP contribution in [0.2, 0.25) is 0 Å². The Kier molecular flexibility index (Phi) is 7.38. The van der Waals surface area contributed by atoms with Crippen molar-refractivity contribution in [3.8, 4) is 0 Å². The average Bonchev–Trinajstić information content (AvgIpc) is 3.26. The molecule has 0 spiro atoms. The number of quaternary nitrogens is 1. The number of amides is 1. The molecule has 1 amide bonds. The molecule has 3 N–H and O–H groups in total. The number of hydrogen-bond donors (Lipinski definition) is 3. The SMILES string of the molecule is CC[NH+](CC)CCN1C(=O)C(=O)/C(=C(\O)c2c(C)[nH]c(C(=O)OC)c2C)[C@H]1c1ccccc1. The Labute approximate surface area is 193 Å². The minimum atomic E-state index is -0.726. The van der Waals surface area contributed by atoms with Gasteiger partial charge in [-0.05, 0) is 38.8 Å². The number of aliphatic hydroxyl groups excluding tert-OH is 1. The summed E-state index contributed by atoms with van der Waals surface area (Å²) in [6.45, 7) is 10.4. The number of aromatic nitrogens is 1. The van der Waals surface area contributed by atoms with Crippen molar-refractivity contribution in [1.82, 2.24) is 9.88 Å². The van der Waals surface area contributed by atoms with Crippen molar-refractivity contribution in [3.63, 3.8) is 0 Å². The van der Waals surface area contributed by atoms with Gasteiger partial charge in [-0.3, -0.25) is 9.59 Å². The quantitative estimate of drug-likeness (QED) is 0.244. The highest BCUT2D eigenvalue weighted by Crippen LogP contribution is 2.40. The second-order valence-electron chi connectivity index (χ2n) is 8.23. The van der Waals surface area contributed by atoms with Gasteiger partial charge in [-0.25, -0.2) is 4.79 Å². The largest absolute Gasteiger partial charge is 0.507 e. The summed E-state index contributed by atoms with van der Waals surface area (Å²) in [5, 5.41) is 11.4. The summed E-state index contributed by atoms with van der Waals surface area (Å²) in [6.07, 6.45) is 0. The lowest BCUT2D eigenvalue weighted by molar-refractivity contribution is -0.895. The third-order valence-corrected chi connectivity index (χ3v) is 6.43. The van der Waals surface area contributed by atoms with Crippen molar-refractivity contribution >= 4 is 23.4 Å². The summed E-state index contributed by atoms with van der Waals surface area (Å²) in [6, 6.07) is 8.52. The molecular formula is C25H32N3O5+. The van der Waals surface area contributed by atoms with Crippen LogP contribution in [0.5, 0.6) is 0 Å². The van der Waals surface area contributed by atoms with Gasteiger partial charge in [0.15, 0.2) is 0 Å². The minimum absolute atomic E-state index is 0.0300. The first-order chi connectivity index (χ1) is 15.8. The number of benzene rings is 1. The number of aryl methyl sites for hydroxylation is 1. The Morgan fingerprint density at radius 2 is 1.79 bits per heavy atom. The van der Waals surface area contributed by atoms with Gasteiger partial charge in [0.05, 0.1) is 44.9 Å². The van der Waals surface area contributed by atoms with Crippen molar-refractivity contribution in [2.45, 2.75) is 33.7 Å². The van der Waals surface area contributed by atoms with E-state index in [0.29, 0.717) is 29.9 Å². The van der Waals surface area contributed by atoms with E-state index in [9.17, 15) is 19.5 Å². The standard InChI is InChI=1S/C25H31N3O5/c1-6-27(7-2)13-14-28-21(17-11-9-8-10-12-17)19(23(30)24(28)31)22(29)18-15(3)20(25(32)33-5)26-16(18)4/h8-12,21,26,29H,6-7,13-14H2,1-5H3/p+1/b22-19-/t21-/m1/s1. The van der Waals surface area contributed by atoms with Crippen LogP contribution in [0.25, 0.3) is 5.76 Å². The number of aliphatic hydroxyl groups is 1. The smallest absolute Gasteiger partial charge is 0.354 e. The van der Waals surface area contributed by atoms with Gasteiger partial charge in [0.2, 0.25) is 0 Å². The summed E-state index contributed by atoms with van der Waals surface area (Å²) < 4.78 is 4.81. The van der Waals surface area contributed by atoms with E-state index in [2.05, 4.69) is 18.8 Å². The number of ketones is 1. The molecule has 1 aliphatic rings. The maximum Gasteiger partial charge on any atom is 0.354 e. The lowest BCUT2D eigenvalue weighted by Gasteiger charge is -2.27. The van der Waals surface area contributed by atoms with Crippen LogP contribution in [0, 0.1) is 13.8 Å². The molecule has 0 radical (unpaired) electrons. The zero-order chi connectivity index (χ0) is 24.3. The molecule has 1 fully saturated rings. The highest BCUT2D eigenvalue weighted by Gasteiger charge is 2.46. The number of rotatable bonds is 8. The van der Waals surface area contributed by atoms with Gasteiger partial charge < -0.3 is 24.6 Å². The summed E-state index contributed by atoms with van der Waals surface area (Å²) in [5.74, 6) is -2.22. The number of nitrogens with zero attached hydrogens (tertiary/aromatic N) is 1. The van der Waals surface area contributed by atoms with E-state index < -0.39 is 23.7 Å². The van der Waals surface area contributed by atoms with Gasteiger partial charge in [-0.2, -0.15) is 0 Å². The van der Waals surface area contributed by atoms with Crippen LogP contribution in [-0.2, 0) is 14.3 Å². The molecule has 0 bridgehead atoms. The first-order valence-corrected chi connectivity index (χ1v) is 11.2. The topological polar surface area (TPSA) is 104 Å². The average molecular weight is 455 g/mol. The van der Waals surface area contributed by atoms with Crippen LogP contribution in [0.3, 0.4) is 0 Å². The van der Waals surface area contributed by atoms with E-state index in [4.69, 9.17) is 4.74 Å². The van der Waals surface area contributed by atoms with Gasteiger partial charge in [0, 0.05) is 11.3 Å². The molecule has 3 rings (SSSR count). The minimum Gasteiger partial charge on any atom is -0.507 e. The summed E-state index contributed by atoms with van der Waals surface area (Å²) >= 11 is 0. The summed E-state index contributed by atoms with van der Waals surface area (Å²) in [4.78, 5) is 44.2. The second kappa shape index (κ2) is 10.0. The molecule has 8 nitrogen and oxygen atoms in total. The van der Waals surface area contributed by atoms with Crippen LogP contribution < -0.4 is 4.90 Å². The number of hydrogen-bond acceptors (Lipinski definition) is 5. The third-order valence-electron chi connectivity index (χ3n) is 6.43. The van der Waals surface area contributed by atoms with Crippen molar-refractivity contribution in [1.29, 1.82) is 0 Å². The number of esters is 1. The molecule has 0 saturated carbocycles. The van der Waals surface area contributed by atoms with E-state index in [1.165, 1.54) is 12.0 Å². The highest BCUT2D eigenvalue weighted by atomic mass is 16.5. The van der Waals surface area contributed by atoms with Gasteiger partial charge in [0.1, 0.15) is 11.5 Å². The van der Waals surface area contributed by atoms with Crippen molar-refractivity contribution in [2.75, 3.05) is 33.3 Å². The molecule has 1 aromatic heterocycles. The Morgan fingerprint density at radius 3 is 2.36 bits per heavy atom. The maximum atomic E-state index is 13.2. The molecule has 33 heavy (non-hydrogen) atoms. The fraction of sp³-hybridized carbons (Fsp3) is 0.400. The number of carbonyl (C=O) groups is 3. The Balaban J connectivity index is 2.16. The molecule has 1 atom stereocenters. The molecule has 8 heteroatoms. The van der Waals surface area contributed by atoms with Crippen molar-refractivity contribution < 1.29 is 29.1 Å². The number of likely N-dealkylation sites (N-methyl/N-ethyl adjacent to an activating group) is 1. The Bertz CT molecular complexity index is 1080. The molecule has 176 valence electrons. The number of ether oxygens (including phenoxy) is 1. The van der Waals surface area contributed by atoms with Crippen LogP contribution in [0.1, 0.15) is 52.8 Å². The van der Waals surface area contributed by atoms with E-state index in [0.717, 1.165) is 18.7 Å². The fourth-order valence-electron chi connectivity index (χ4n) is 4.52. The molecule has 1 aromatic carbocycles. The number of carbonyl (C=O) groups excluding carboxylic acids is 3. The van der Waals surface area contributed by atoms with Gasteiger partial charge in [-0.15, -0.1) is 0 Å². The van der Waals surface area contributed by atoms with Crippen molar-refractivity contribution in [2.24, 2.45) is 0 Å². The van der Waals surface area contributed by atoms with Crippen LogP contribution in [-0.4, -0.2) is 65.9 Å². The molecule has 2 aromatic rings. The molecule has 1 saturated heterocycles. The number of Topliss-reactive ketones (excluding diaryl/α,β-unsaturated/α-hetero) is 1. The predicted molar refractivity (Wildman–Crippen MR) is 124 cm³/mol. The fourth-order valence-corrected chi connectivity index (χ4v) is 4.52. The normalized spacial score (nSPS) is 17.8. The first-order valence-electron chi connectivity index (χ1n) is 11.2. The number of methoxy groups -OCH3 is 1. The summed E-state index contributed by atoms with van der Waals surface area (Å²) in [7, 11) is 1.27. The van der Waals surface area contributed by atoms with Crippen LogP contribution in [0.15, 0.2) is 35.9 Å². The lowest BCUT2D eigenvalue weighted by Crippen LogP contribution is -3.12. The van der Waals surface area contributed by atoms with Gasteiger partial charge in [0.25, 0.3) is 11.7 Å². The molecule has 0 unspecified atom stereocenters. The first kappa shape index (κ1) is 24.3. The molecular weight excluding hydrogens is 422 g/mol. The van der Waals surface area contributed by atoms with Crippen molar-refractivity contribution in [3.05, 3.63) is 64.0 Å². The third kappa shape index (κ3) is 4.43. The maximum absolute atomic E-state index is 13.2. The second-order valence-corrected chi connectivity index (χ2v) is 8.23. The number of aromatic amines is 1. The Morgan fingerprint density at radius 1 is 1.15 bits per heavy atom. The van der Waals surface area contributed by atoms with E-state index in [1.807, 2.05) is 30.3 Å². The lowest BCUT2D eigenvalue weighted by atomic mass is 9.94. The zero-order valence-electron chi connectivity index (χ0n) is 19.8. The van der Waals surface area contributed by atoms with E-state index in [1.54, 1.807) is 18.7 Å². The number of H-pyrrole nitrogens is 1. The van der Waals surface area contributed by atoms with Crippen LogP contribution in [0.4, 0.5) is 0 Å². The monoisotopic (exact) mass is 454 g/mol. The van der Waals surface area contributed by atoms with E-state index in [-0.39, 0.29) is 17.0 Å². The van der Waals surface area contributed by atoms with E-state index >= 15 is 0 Å². The molecule has 2 heterocycles. The van der Waals surface area contributed by atoms with Gasteiger partial charge >= 0.3 is 5.97 Å². The predicted octanol–water partition coefficient (Wildman–Crippen LogP) is 1.76. The highest BCUT2D eigenvalue weighted by molar-refractivity contribution is 6.46. The molecule has 1 aliphatic heterocycles.